The fourth-order valence-corrected chi connectivity index (χ4v) is 3.92. The standard InChI is InChI=1S/C23H21NO/c1-16-7-5-9-18(13-16)15-23(19-10-6-8-17(2)14-19)20-11-3-4-12-21(20)24-22(23)25/h3-14H,15H2,1-2H3,(H,24,25). The summed E-state index contributed by atoms with van der Waals surface area (Å²) in [6.07, 6.45) is 0.654. The van der Waals surface area contributed by atoms with Crippen LogP contribution < -0.4 is 5.32 Å². The van der Waals surface area contributed by atoms with E-state index in [0.29, 0.717) is 6.42 Å². The van der Waals surface area contributed by atoms with E-state index in [0.717, 1.165) is 16.8 Å². The Labute approximate surface area is 148 Å². The number of carbonyl (C=O) groups is 1. The zero-order valence-electron chi connectivity index (χ0n) is 14.5. The highest BCUT2D eigenvalue weighted by atomic mass is 16.2. The van der Waals surface area contributed by atoms with Crippen molar-refractivity contribution in [2.75, 3.05) is 5.32 Å². The van der Waals surface area contributed by atoms with Crippen molar-refractivity contribution in [1.82, 2.24) is 0 Å². The smallest absolute Gasteiger partial charge is 0.239 e. The molecule has 3 aromatic carbocycles. The van der Waals surface area contributed by atoms with Crippen molar-refractivity contribution < 1.29 is 4.79 Å². The Morgan fingerprint density at radius 3 is 2.32 bits per heavy atom. The molecule has 0 saturated carbocycles. The molecule has 1 unspecified atom stereocenters. The topological polar surface area (TPSA) is 29.1 Å². The Kier molecular flexibility index (Phi) is 3.69. The number of nitrogens with one attached hydrogen (secondary N) is 1. The molecule has 1 aliphatic rings. The van der Waals surface area contributed by atoms with Gasteiger partial charge in [-0.2, -0.15) is 0 Å². The summed E-state index contributed by atoms with van der Waals surface area (Å²) in [6, 6.07) is 24.8. The minimum absolute atomic E-state index is 0.0563. The number of benzene rings is 3. The summed E-state index contributed by atoms with van der Waals surface area (Å²) < 4.78 is 0. The second-order valence-corrected chi connectivity index (χ2v) is 6.94. The quantitative estimate of drug-likeness (QED) is 0.736. The summed E-state index contributed by atoms with van der Waals surface area (Å²) in [7, 11) is 0. The lowest BCUT2D eigenvalue weighted by molar-refractivity contribution is -0.119. The lowest BCUT2D eigenvalue weighted by Crippen LogP contribution is -2.38. The van der Waals surface area contributed by atoms with Gasteiger partial charge in [-0.3, -0.25) is 4.79 Å². The number of carbonyl (C=O) groups excluding carboxylic acids is 1. The van der Waals surface area contributed by atoms with Crippen LogP contribution in [0.5, 0.6) is 0 Å². The highest BCUT2D eigenvalue weighted by molar-refractivity contribution is 6.09. The summed E-state index contributed by atoms with van der Waals surface area (Å²) in [4.78, 5) is 13.2. The first-order valence-electron chi connectivity index (χ1n) is 8.63. The molecule has 25 heavy (non-hydrogen) atoms. The van der Waals surface area contributed by atoms with Crippen molar-refractivity contribution in [3.63, 3.8) is 0 Å². The Hall–Kier alpha value is -2.87. The van der Waals surface area contributed by atoms with E-state index in [1.54, 1.807) is 0 Å². The highest BCUT2D eigenvalue weighted by Crippen LogP contribution is 2.45. The molecule has 0 aromatic heterocycles. The minimum Gasteiger partial charge on any atom is -0.325 e. The third-order valence-corrected chi connectivity index (χ3v) is 5.09. The molecule has 1 N–H and O–H groups in total. The van der Waals surface area contributed by atoms with Gasteiger partial charge in [0, 0.05) is 5.69 Å². The van der Waals surface area contributed by atoms with Crippen LogP contribution in [-0.4, -0.2) is 5.91 Å². The Morgan fingerprint density at radius 2 is 1.56 bits per heavy atom. The van der Waals surface area contributed by atoms with Gasteiger partial charge in [-0.1, -0.05) is 77.9 Å². The van der Waals surface area contributed by atoms with E-state index in [4.69, 9.17) is 0 Å². The van der Waals surface area contributed by atoms with Crippen LogP contribution in [0.1, 0.15) is 27.8 Å². The maximum Gasteiger partial charge on any atom is 0.239 e. The molecule has 124 valence electrons. The number of amides is 1. The first-order chi connectivity index (χ1) is 12.1. The van der Waals surface area contributed by atoms with E-state index in [1.807, 2.05) is 24.3 Å². The molecule has 1 heterocycles. The van der Waals surface area contributed by atoms with E-state index < -0.39 is 5.41 Å². The zero-order valence-corrected chi connectivity index (χ0v) is 14.5. The molecule has 0 saturated heterocycles. The fourth-order valence-electron chi connectivity index (χ4n) is 3.92. The van der Waals surface area contributed by atoms with E-state index in [9.17, 15) is 4.79 Å². The fraction of sp³-hybridized carbons (Fsp3) is 0.174. The maximum absolute atomic E-state index is 13.2. The average molecular weight is 327 g/mol. The first-order valence-corrected chi connectivity index (χ1v) is 8.63. The van der Waals surface area contributed by atoms with Crippen LogP contribution in [0.25, 0.3) is 0 Å². The van der Waals surface area contributed by atoms with E-state index in [1.165, 1.54) is 16.7 Å². The molecule has 2 nitrogen and oxygen atoms in total. The molecule has 0 aliphatic carbocycles. The third-order valence-electron chi connectivity index (χ3n) is 5.09. The van der Waals surface area contributed by atoms with Crippen LogP contribution in [0.4, 0.5) is 5.69 Å². The third kappa shape index (κ3) is 2.54. The molecular weight excluding hydrogens is 306 g/mol. The minimum atomic E-state index is -0.684. The van der Waals surface area contributed by atoms with Crippen LogP contribution >= 0.6 is 0 Å². The highest BCUT2D eigenvalue weighted by Gasteiger charge is 2.48. The number of anilines is 1. The van der Waals surface area contributed by atoms with Gasteiger partial charge >= 0.3 is 0 Å². The molecule has 3 aromatic rings. The Bertz CT molecular complexity index is 960. The number of aryl methyl sites for hydroxylation is 2. The normalized spacial score (nSPS) is 18.7. The molecular formula is C23H21NO. The summed E-state index contributed by atoms with van der Waals surface area (Å²) in [5.41, 5.74) is 5.90. The molecule has 1 aliphatic heterocycles. The van der Waals surface area contributed by atoms with Crippen molar-refractivity contribution in [3.8, 4) is 0 Å². The van der Waals surface area contributed by atoms with Gasteiger partial charge in [-0.25, -0.2) is 0 Å². The SMILES string of the molecule is Cc1cccc(CC2(c3cccc(C)c3)C(=O)Nc3ccccc32)c1. The van der Waals surface area contributed by atoms with Crippen LogP contribution in [0, 0.1) is 13.8 Å². The molecule has 2 heteroatoms. The van der Waals surface area contributed by atoms with Crippen molar-refractivity contribution >= 4 is 11.6 Å². The average Bonchev–Trinajstić information content (AvgIpc) is 2.88. The van der Waals surface area contributed by atoms with Crippen molar-refractivity contribution in [2.24, 2.45) is 0 Å². The number of fused-ring (bicyclic) bond motifs is 1. The maximum atomic E-state index is 13.2. The second kappa shape index (κ2) is 5.89. The van der Waals surface area contributed by atoms with Gasteiger partial charge in [0.15, 0.2) is 0 Å². The van der Waals surface area contributed by atoms with Crippen molar-refractivity contribution in [1.29, 1.82) is 0 Å². The van der Waals surface area contributed by atoms with Crippen LogP contribution in [-0.2, 0) is 16.6 Å². The van der Waals surface area contributed by atoms with Crippen LogP contribution in [0.15, 0.2) is 72.8 Å². The summed E-state index contributed by atoms with van der Waals surface area (Å²) in [5, 5.41) is 3.10. The zero-order chi connectivity index (χ0) is 17.4. The molecule has 0 radical (unpaired) electrons. The van der Waals surface area contributed by atoms with Gasteiger partial charge in [0.1, 0.15) is 5.41 Å². The lowest BCUT2D eigenvalue weighted by atomic mass is 9.71. The monoisotopic (exact) mass is 327 g/mol. The van der Waals surface area contributed by atoms with Crippen molar-refractivity contribution in [3.05, 3.63) is 101 Å². The van der Waals surface area contributed by atoms with Gasteiger partial charge in [0.25, 0.3) is 0 Å². The summed E-state index contributed by atoms with van der Waals surface area (Å²) in [5.74, 6) is 0.0563. The van der Waals surface area contributed by atoms with Gasteiger partial charge < -0.3 is 5.32 Å². The first kappa shape index (κ1) is 15.6. The molecule has 1 atom stereocenters. The number of rotatable bonds is 3. The Morgan fingerprint density at radius 1 is 0.840 bits per heavy atom. The second-order valence-electron chi connectivity index (χ2n) is 6.94. The summed E-state index contributed by atoms with van der Waals surface area (Å²) in [6.45, 7) is 4.16. The Balaban J connectivity index is 1.95. The molecule has 0 fully saturated rings. The van der Waals surface area contributed by atoms with E-state index in [2.05, 4.69) is 67.7 Å². The largest absolute Gasteiger partial charge is 0.325 e. The predicted octanol–water partition coefficient (Wildman–Crippen LogP) is 4.78. The molecule has 1 amide bonds. The van der Waals surface area contributed by atoms with Gasteiger partial charge in [-0.15, -0.1) is 0 Å². The predicted molar refractivity (Wildman–Crippen MR) is 102 cm³/mol. The lowest BCUT2D eigenvalue weighted by Gasteiger charge is -2.29. The van der Waals surface area contributed by atoms with E-state index in [-0.39, 0.29) is 5.91 Å². The van der Waals surface area contributed by atoms with Gasteiger partial charge in [0.05, 0.1) is 0 Å². The van der Waals surface area contributed by atoms with Gasteiger partial charge in [0.2, 0.25) is 5.91 Å². The van der Waals surface area contributed by atoms with Gasteiger partial charge in [-0.05, 0) is 43.0 Å². The van der Waals surface area contributed by atoms with Crippen LogP contribution in [0.3, 0.4) is 0 Å². The molecule has 4 rings (SSSR count). The number of hydrogen-bond acceptors (Lipinski definition) is 1. The molecule has 0 spiro atoms. The summed E-state index contributed by atoms with van der Waals surface area (Å²) >= 11 is 0. The van der Waals surface area contributed by atoms with Crippen LogP contribution in [0.2, 0.25) is 0 Å². The number of para-hydroxylation sites is 1. The van der Waals surface area contributed by atoms with E-state index >= 15 is 0 Å². The van der Waals surface area contributed by atoms with Crippen molar-refractivity contribution in [2.45, 2.75) is 25.7 Å². The molecule has 0 bridgehead atoms. The number of hydrogen-bond donors (Lipinski definition) is 1.